The fraction of sp³-hybridized carbons (Fsp3) is 0.471. The van der Waals surface area contributed by atoms with Gasteiger partial charge in [-0.2, -0.15) is 5.10 Å². The van der Waals surface area contributed by atoms with Gasteiger partial charge in [-0.1, -0.05) is 6.42 Å². The number of carbonyl (C=O) groups excluding carboxylic acids is 1. The normalized spacial score (nSPS) is 16.6. The summed E-state index contributed by atoms with van der Waals surface area (Å²) in [5.74, 6) is 1.78. The van der Waals surface area contributed by atoms with E-state index >= 15 is 0 Å². The highest BCUT2D eigenvalue weighted by Crippen LogP contribution is 2.25. The van der Waals surface area contributed by atoms with Crippen LogP contribution >= 0.6 is 0 Å². The molecule has 1 unspecified atom stereocenters. The van der Waals surface area contributed by atoms with Gasteiger partial charge in [0.25, 0.3) is 0 Å². The second-order valence-electron chi connectivity index (χ2n) is 5.97. The zero-order valence-electron chi connectivity index (χ0n) is 14.4. The van der Waals surface area contributed by atoms with Crippen LogP contribution in [0.1, 0.15) is 36.7 Å². The van der Waals surface area contributed by atoms with Crippen LogP contribution in [-0.4, -0.2) is 34.9 Å². The summed E-state index contributed by atoms with van der Waals surface area (Å²) in [5, 5.41) is 9.37. The van der Waals surface area contributed by atoms with Gasteiger partial charge in [-0.25, -0.2) is 9.89 Å². The molecule has 3 rings (SSSR count). The Morgan fingerprint density at radius 2 is 2.20 bits per heavy atom. The summed E-state index contributed by atoms with van der Waals surface area (Å²) in [6.45, 7) is 0.310. The number of fused-ring (bicyclic) bond motifs is 1. The lowest BCUT2D eigenvalue weighted by atomic mass is 10.1. The Labute approximate surface area is 145 Å². The maximum Gasteiger partial charge on any atom is 0.344 e. The largest absolute Gasteiger partial charge is 0.497 e. The number of hydrogen-bond acceptors (Lipinski definition) is 5. The van der Waals surface area contributed by atoms with Crippen LogP contribution in [0.15, 0.2) is 23.0 Å². The first-order valence-corrected chi connectivity index (χ1v) is 8.28. The number of methoxy groups -OCH3 is 2. The lowest BCUT2D eigenvalue weighted by molar-refractivity contribution is -0.124. The second-order valence-corrected chi connectivity index (χ2v) is 5.97. The highest BCUT2D eigenvalue weighted by atomic mass is 16.5. The molecule has 0 fully saturated rings. The lowest BCUT2D eigenvalue weighted by Crippen LogP contribution is -2.36. The molecule has 0 aliphatic carbocycles. The number of aryl methyl sites for hydroxylation is 1. The molecule has 1 aromatic heterocycles. The van der Waals surface area contributed by atoms with Crippen LogP contribution in [0.3, 0.4) is 0 Å². The Bertz CT molecular complexity index is 811. The highest BCUT2D eigenvalue weighted by Gasteiger charge is 2.27. The van der Waals surface area contributed by atoms with Crippen molar-refractivity contribution in [2.75, 3.05) is 14.2 Å². The third-order valence-electron chi connectivity index (χ3n) is 4.47. The number of nitrogens with one attached hydrogen (secondary N) is 2. The van der Waals surface area contributed by atoms with Gasteiger partial charge < -0.3 is 14.8 Å². The number of aromatic nitrogens is 3. The molecule has 0 saturated carbocycles. The zero-order valence-corrected chi connectivity index (χ0v) is 14.4. The Balaban J connectivity index is 1.75. The minimum Gasteiger partial charge on any atom is -0.497 e. The monoisotopic (exact) mass is 346 g/mol. The average Bonchev–Trinajstić information content (AvgIpc) is 2.87. The van der Waals surface area contributed by atoms with E-state index in [1.807, 2.05) is 12.1 Å². The molecule has 25 heavy (non-hydrogen) atoms. The first-order chi connectivity index (χ1) is 12.1. The van der Waals surface area contributed by atoms with E-state index in [4.69, 9.17) is 9.47 Å². The van der Waals surface area contributed by atoms with Crippen LogP contribution in [0, 0.1) is 0 Å². The minimum atomic E-state index is -0.534. The molecule has 2 heterocycles. The van der Waals surface area contributed by atoms with Crippen molar-refractivity contribution in [3.63, 3.8) is 0 Å². The molecule has 2 aromatic rings. The summed E-state index contributed by atoms with van der Waals surface area (Å²) in [6.07, 6.45) is 3.12. The predicted molar refractivity (Wildman–Crippen MR) is 90.8 cm³/mol. The number of nitrogens with zero attached hydrogens (tertiary/aromatic N) is 2. The van der Waals surface area contributed by atoms with Crippen LogP contribution in [-0.2, 0) is 17.8 Å². The third kappa shape index (κ3) is 3.52. The lowest BCUT2D eigenvalue weighted by Gasteiger charge is -2.17. The van der Waals surface area contributed by atoms with Crippen molar-refractivity contribution in [1.29, 1.82) is 0 Å². The van der Waals surface area contributed by atoms with E-state index in [9.17, 15) is 9.59 Å². The summed E-state index contributed by atoms with van der Waals surface area (Å²) in [6, 6.07) is 4.90. The van der Waals surface area contributed by atoms with Gasteiger partial charge in [-0.05, 0) is 25.0 Å². The molecule has 1 aromatic carbocycles. The molecule has 1 aliphatic rings. The molecule has 0 spiro atoms. The molecular formula is C17H22N4O4. The van der Waals surface area contributed by atoms with Gasteiger partial charge in [0.2, 0.25) is 5.91 Å². The smallest absolute Gasteiger partial charge is 0.344 e. The molecule has 8 heteroatoms. The van der Waals surface area contributed by atoms with Crippen LogP contribution in [0.5, 0.6) is 11.5 Å². The molecule has 134 valence electrons. The fourth-order valence-corrected chi connectivity index (χ4v) is 3.13. The van der Waals surface area contributed by atoms with Crippen LogP contribution in [0.2, 0.25) is 0 Å². The zero-order chi connectivity index (χ0) is 17.8. The van der Waals surface area contributed by atoms with Gasteiger partial charge in [0.05, 0.1) is 14.2 Å². The average molecular weight is 346 g/mol. The number of H-pyrrole nitrogens is 1. The molecule has 0 radical (unpaired) electrons. The summed E-state index contributed by atoms with van der Waals surface area (Å²) < 4.78 is 12.0. The van der Waals surface area contributed by atoms with Gasteiger partial charge in [0.1, 0.15) is 23.4 Å². The number of ether oxygens (including phenoxy) is 2. The highest BCUT2D eigenvalue weighted by molar-refractivity contribution is 5.80. The first-order valence-electron chi connectivity index (χ1n) is 8.28. The quantitative estimate of drug-likeness (QED) is 0.847. The van der Waals surface area contributed by atoms with Crippen molar-refractivity contribution >= 4 is 5.91 Å². The van der Waals surface area contributed by atoms with E-state index < -0.39 is 6.04 Å². The third-order valence-corrected chi connectivity index (χ3v) is 4.47. The number of benzene rings is 1. The molecule has 0 saturated heterocycles. The Hall–Kier alpha value is -2.77. The van der Waals surface area contributed by atoms with E-state index in [1.54, 1.807) is 20.3 Å². The van der Waals surface area contributed by atoms with Crippen LogP contribution in [0.4, 0.5) is 0 Å². The number of carbonyl (C=O) groups is 1. The van der Waals surface area contributed by atoms with Crippen LogP contribution in [0.25, 0.3) is 0 Å². The number of hydrogen-bond donors (Lipinski definition) is 2. The van der Waals surface area contributed by atoms with Crippen molar-refractivity contribution in [3.05, 3.63) is 40.1 Å². The van der Waals surface area contributed by atoms with Gasteiger partial charge >= 0.3 is 5.69 Å². The topological polar surface area (TPSA) is 98.2 Å². The van der Waals surface area contributed by atoms with Crippen molar-refractivity contribution in [2.45, 2.75) is 38.3 Å². The van der Waals surface area contributed by atoms with Gasteiger partial charge in [0, 0.05) is 24.6 Å². The fourth-order valence-electron chi connectivity index (χ4n) is 3.13. The van der Waals surface area contributed by atoms with Gasteiger partial charge in [0.15, 0.2) is 0 Å². The minimum absolute atomic E-state index is 0.190. The van der Waals surface area contributed by atoms with Crippen molar-refractivity contribution < 1.29 is 14.3 Å². The van der Waals surface area contributed by atoms with Crippen LogP contribution < -0.4 is 20.5 Å². The van der Waals surface area contributed by atoms with Crippen molar-refractivity contribution in [3.8, 4) is 11.5 Å². The second kappa shape index (κ2) is 7.42. The molecule has 1 aliphatic heterocycles. The summed E-state index contributed by atoms with van der Waals surface area (Å²) in [4.78, 5) is 24.7. The summed E-state index contributed by atoms with van der Waals surface area (Å²) >= 11 is 0. The van der Waals surface area contributed by atoms with E-state index in [0.29, 0.717) is 36.7 Å². The molecule has 8 nitrogen and oxygen atoms in total. The van der Waals surface area contributed by atoms with E-state index in [-0.39, 0.29) is 11.6 Å². The van der Waals surface area contributed by atoms with Gasteiger partial charge in [-0.3, -0.25) is 9.36 Å². The summed E-state index contributed by atoms with van der Waals surface area (Å²) in [5.41, 5.74) is 0.504. The first kappa shape index (κ1) is 17.1. The number of aromatic amines is 1. The van der Waals surface area contributed by atoms with E-state index in [2.05, 4.69) is 15.5 Å². The van der Waals surface area contributed by atoms with E-state index in [0.717, 1.165) is 18.4 Å². The van der Waals surface area contributed by atoms with Crippen molar-refractivity contribution in [2.24, 2.45) is 0 Å². The molecule has 2 N–H and O–H groups in total. The maximum atomic E-state index is 12.7. The van der Waals surface area contributed by atoms with Gasteiger partial charge in [-0.15, -0.1) is 0 Å². The Morgan fingerprint density at radius 1 is 1.36 bits per heavy atom. The number of amides is 1. The SMILES string of the molecule is COc1ccc(CNC(=O)C2CCCCc3n[nH]c(=O)n32)c(OC)c1. The number of rotatable bonds is 5. The predicted octanol–water partition coefficient (Wildman–Crippen LogP) is 1.17. The Morgan fingerprint density at radius 3 is 2.96 bits per heavy atom. The van der Waals surface area contributed by atoms with Crippen molar-refractivity contribution in [1.82, 2.24) is 20.1 Å². The standard InChI is InChI=1S/C17H22N4O4/c1-24-12-8-7-11(14(9-12)25-2)10-18-16(22)13-5-3-4-6-15-19-20-17(23)21(13)15/h7-9,13H,3-6,10H2,1-2H3,(H,18,22)(H,20,23). The molecule has 1 amide bonds. The summed E-state index contributed by atoms with van der Waals surface area (Å²) in [7, 11) is 3.16. The van der Waals surface area contributed by atoms with E-state index in [1.165, 1.54) is 4.57 Å². The molecule has 0 bridgehead atoms. The Kier molecular flexibility index (Phi) is 5.06. The molecular weight excluding hydrogens is 324 g/mol. The maximum absolute atomic E-state index is 12.7. The molecule has 1 atom stereocenters.